The highest BCUT2D eigenvalue weighted by Crippen LogP contribution is 2.28. The molecule has 0 radical (unpaired) electrons. The van der Waals surface area contributed by atoms with Crippen LogP contribution in [-0.4, -0.2) is 33.5 Å². The van der Waals surface area contributed by atoms with Crippen LogP contribution in [0, 0.1) is 0 Å². The number of likely N-dealkylation sites (tertiary alicyclic amines) is 1. The van der Waals surface area contributed by atoms with Gasteiger partial charge >= 0.3 is 0 Å². The van der Waals surface area contributed by atoms with Crippen molar-refractivity contribution in [2.45, 2.75) is 29.5 Å². The number of carbonyl (C=O) groups is 2. The highest BCUT2D eigenvalue weighted by molar-refractivity contribution is 8.00. The molecule has 1 fully saturated rings. The fourth-order valence-electron chi connectivity index (χ4n) is 3.06. The minimum absolute atomic E-state index is 0.198. The third-order valence-corrected chi connectivity index (χ3v) is 6.64. The van der Waals surface area contributed by atoms with Gasteiger partial charge in [0.1, 0.15) is 0 Å². The van der Waals surface area contributed by atoms with E-state index in [2.05, 4.69) is 27.6 Å². The normalized spacial score (nSPS) is 13.7. The van der Waals surface area contributed by atoms with Crippen molar-refractivity contribution < 1.29 is 9.59 Å². The number of hydrogen-bond acceptors (Lipinski definition) is 6. The number of carbonyl (C=O) groups excluding carboxylic acids is 2. The predicted molar refractivity (Wildman–Crippen MR) is 115 cm³/mol. The molecule has 0 spiro atoms. The summed E-state index contributed by atoms with van der Waals surface area (Å²) >= 11 is 2.96. The summed E-state index contributed by atoms with van der Waals surface area (Å²) in [5, 5.41) is 11.5. The first-order chi connectivity index (χ1) is 14.2. The fraction of sp³-hybridized carbons (Fsp3) is 0.238. The molecule has 1 aliphatic rings. The lowest BCUT2D eigenvalue weighted by Crippen LogP contribution is -2.23. The molecule has 6 nitrogen and oxygen atoms in total. The van der Waals surface area contributed by atoms with Crippen molar-refractivity contribution in [3.63, 3.8) is 0 Å². The van der Waals surface area contributed by atoms with Gasteiger partial charge in [0.2, 0.25) is 11.0 Å². The van der Waals surface area contributed by atoms with Crippen molar-refractivity contribution in [3.05, 3.63) is 71.3 Å². The monoisotopic (exact) mass is 424 g/mol. The number of anilines is 1. The van der Waals surface area contributed by atoms with E-state index in [1.807, 2.05) is 35.2 Å². The Kier molecular flexibility index (Phi) is 6.21. The maximum atomic E-state index is 12.5. The maximum Gasteiger partial charge on any atom is 0.257 e. The molecular weight excluding hydrogens is 404 g/mol. The van der Waals surface area contributed by atoms with E-state index in [4.69, 9.17) is 0 Å². The lowest BCUT2D eigenvalue weighted by molar-refractivity contribution is -0.128. The zero-order chi connectivity index (χ0) is 20.1. The number of nitrogens with one attached hydrogen (secondary N) is 1. The van der Waals surface area contributed by atoms with Gasteiger partial charge in [-0.05, 0) is 29.7 Å². The van der Waals surface area contributed by atoms with E-state index in [1.54, 1.807) is 23.9 Å². The topological polar surface area (TPSA) is 75.2 Å². The predicted octanol–water partition coefficient (Wildman–Crippen LogP) is 4.21. The van der Waals surface area contributed by atoms with Gasteiger partial charge in [0.25, 0.3) is 5.91 Å². The van der Waals surface area contributed by atoms with Crippen LogP contribution in [0.3, 0.4) is 0 Å². The molecule has 1 aliphatic heterocycles. The molecule has 1 N–H and O–H groups in total. The van der Waals surface area contributed by atoms with Crippen LogP contribution in [0.15, 0.2) is 58.9 Å². The molecule has 2 heterocycles. The van der Waals surface area contributed by atoms with Gasteiger partial charge in [-0.15, -0.1) is 10.2 Å². The highest BCUT2D eigenvalue weighted by atomic mass is 32.2. The van der Waals surface area contributed by atoms with Crippen molar-refractivity contribution in [3.8, 4) is 0 Å². The van der Waals surface area contributed by atoms with Crippen molar-refractivity contribution in [1.29, 1.82) is 0 Å². The van der Waals surface area contributed by atoms with Crippen LogP contribution < -0.4 is 5.32 Å². The molecule has 0 aliphatic carbocycles. The van der Waals surface area contributed by atoms with Crippen LogP contribution in [0.2, 0.25) is 0 Å². The number of nitrogens with zero attached hydrogens (tertiary/aromatic N) is 3. The summed E-state index contributed by atoms with van der Waals surface area (Å²) < 4.78 is 0.815. The lowest BCUT2D eigenvalue weighted by Gasteiger charge is -2.15. The standard InChI is InChI=1S/C21H20N4O2S2/c26-18-7-4-12-25(18)13-15-8-10-17(11-9-15)19(27)22-20-23-24-21(29-20)28-14-16-5-2-1-3-6-16/h1-3,5-6,8-11H,4,7,12-14H2,(H,22,23,27). The fourth-order valence-corrected chi connectivity index (χ4v) is 4.76. The molecule has 4 rings (SSSR count). The quantitative estimate of drug-likeness (QED) is 0.454. The van der Waals surface area contributed by atoms with Gasteiger partial charge in [-0.1, -0.05) is 65.6 Å². The molecule has 1 aromatic heterocycles. The van der Waals surface area contributed by atoms with Crippen LogP contribution in [0.1, 0.15) is 34.3 Å². The summed E-state index contributed by atoms with van der Waals surface area (Å²) in [6.45, 7) is 1.40. The third kappa shape index (κ3) is 5.21. The second kappa shape index (κ2) is 9.19. The van der Waals surface area contributed by atoms with Gasteiger partial charge in [-0.2, -0.15) is 0 Å². The third-order valence-electron chi connectivity index (χ3n) is 4.59. The molecule has 0 atom stereocenters. The number of rotatable bonds is 7. The van der Waals surface area contributed by atoms with Crippen LogP contribution >= 0.6 is 23.1 Å². The van der Waals surface area contributed by atoms with E-state index in [9.17, 15) is 9.59 Å². The van der Waals surface area contributed by atoms with E-state index >= 15 is 0 Å². The van der Waals surface area contributed by atoms with E-state index in [-0.39, 0.29) is 11.8 Å². The minimum Gasteiger partial charge on any atom is -0.338 e. The van der Waals surface area contributed by atoms with Crippen LogP contribution in [0.25, 0.3) is 0 Å². The van der Waals surface area contributed by atoms with Crippen molar-refractivity contribution in [2.75, 3.05) is 11.9 Å². The Balaban J connectivity index is 1.31. The molecule has 1 saturated heterocycles. The summed E-state index contributed by atoms with van der Waals surface area (Å²) in [6, 6.07) is 17.5. The number of benzene rings is 2. The summed E-state index contributed by atoms with van der Waals surface area (Å²) in [4.78, 5) is 26.1. The van der Waals surface area contributed by atoms with E-state index in [0.717, 1.165) is 28.6 Å². The molecular formula is C21H20N4O2S2. The van der Waals surface area contributed by atoms with Crippen molar-refractivity contribution in [2.24, 2.45) is 0 Å². The van der Waals surface area contributed by atoms with Gasteiger partial charge < -0.3 is 4.90 Å². The Labute approximate surface area is 177 Å². The summed E-state index contributed by atoms with van der Waals surface area (Å²) in [6.07, 6.45) is 1.56. The lowest BCUT2D eigenvalue weighted by atomic mass is 10.1. The number of aromatic nitrogens is 2. The molecule has 0 saturated carbocycles. The van der Waals surface area contributed by atoms with Gasteiger partial charge in [0.15, 0.2) is 4.34 Å². The van der Waals surface area contributed by atoms with E-state index in [1.165, 1.54) is 16.9 Å². The molecule has 0 bridgehead atoms. The van der Waals surface area contributed by atoms with Crippen LogP contribution in [-0.2, 0) is 17.1 Å². The summed E-state index contributed by atoms with van der Waals surface area (Å²) in [5.74, 6) is 0.790. The van der Waals surface area contributed by atoms with Crippen molar-refractivity contribution in [1.82, 2.24) is 15.1 Å². The molecule has 0 unspecified atom stereocenters. The minimum atomic E-state index is -0.218. The molecule has 29 heavy (non-hydrogen) atoms. The zero-order valence-corrected chi connectivity index (χ0v) is 17.3. The van der Waals surface area contributed by atoms with Gasteiger partial charge in [0, 0.05) is 30.8 Å². The molecule has 2 aromatic carbocycles. The first kappa shape index (κ1) is 19.6. The molecule has 8 heteroatoms. The zero-order valence-electron chi connectivity index (χ0n) is 15.7. The summed E-state index contributed by atoms with van der Waals surface area (Å²) in [5.41, 5.74) is 2.79. The Morgan fingerprint density at radius 3 is 2.59 bits per heavy atom. The van der Waals surface area contributed by atoms with E-state index in [0.29, 0.717) is 23.7 Å². The Hall–Kier alpha value is -2.71. The smallest absolute Gasteiger partial charge is 0.257 e. The maximum absolute atomic E-state index is 12.5. The van der Waals surface area contributed by atoms with Gasteiger partial charge in [-0.25, -0.2) is 0 Å². The first-order valence-electron chi connectivity index (χ1n) is 9.36. The first-order valence-corrected chi connectivity index (χ1v) is 11.2. The van der Waals surface area contributed by atoms with E-state index < -0.39 is 0 Å². The van der Waals surface area contributed by atoms with Crippen LogP contribution in [0.5, 0.6) is 0 Å². The number of thioether (sulfide) groups is 1. The molecule has 148 valence electrons. The Morgan fingerprint density at radius 1 is 1.07 bits per heavy atom. The van der Waals surface area contributed by atoms with Crippen LogP contribution in [0.4, 0.5) is 5.13 Å². The average molecular weight is 425 g/mol. The second-order valence-electron chi connectivity index (χ2n) is 6.72. The average Bonchev–Trinajstić information content (AvgIpc) is 3.36. The second-order valence-corrected chi connectivity index (χ2v) is 8.92. The number of amides is 2. The molecule has 2 amide bonds. The Bertz CT molecular complexity index is 989. The number of hydrogen-bond donors (Lipinski definition) is 1. The SMILES string of the molecule is O=C(Nc1nnc(SCc2ccccc2)s1)c1ccc(CN2CCCC2=O)cc1. The molecule has 3 aromatic rings. The largest absolute Gasteiger partial charge is 0.338 e. The summed E-state index contributed by atoms with van der Waals surface area (Å²) in [7, 11) is 0. The van der Waals surface area contributed by atoms with Crippen molar-refractivity contribution >= 4 is 40.0 Å². The van der Waals surface area contributed by atoms with Gasteiger partial charge in [-0.3, -0.25) is 14.9 Å². The van der Waals surface area contributed by atoms with Gasteiger partial charge in [0.05, 0.1) is 0 Å². The Morgan fingerprint density at radius 2 is 1.86 bits per heavy atom. The highest BCUT2D eigenvalue weighted by Gasteiger charge is 2.20.